The van der Waals surface area contributed by atoms with Gasteiger partial charge in [-0.1, -0.05) is 12.1 Å². The van der Waals surface area contributed by atoms with E-state index < -0.39 is 0 Å². The first-order valence-electron chi connectivity index (χ1n) is 9.42. The van der Waals surface area contributed by atoms with Crippen LogP contribution < -0.4 is 16.0 Å². The second kappa shape index (κ2) is 9.80. The van der Waals surface area contributed by atoms with Gasteiger partial charge in [-0.15, -0.1) is 0 Å². The van der Waals surface area contributed by atoms with Gasteiger partial charge in [0.1, 0.15) is 0 Å². The zero-order valence-electron chi connectivity index (χ0n) is 16.7. The number of rotatable bonds is 7. The van der Waals surface area contributed by atoms with Gasteiger partial charge in [0.2, 0.25) is 0 Å². The van der Waals surface area contributed by atoms with Crippen LogP contribution in [0.3, 0.4) is 0 Å². The monoisotopic (exact) mass is 369 g/mol. The minimum Gasteiger partial charge on any atom is -0.357 e. The standard InChI is InChI=1S/C21H31N5O/c1-5-22-20(23-11-14-26-12-6-7-13-26)24-16-17-9-8-10-18(15-17)19(27)25-21(2,3)4/h6-10,12-13,15H,5,11,14,16H2,1-4H3,(H,25,27)(H2,22,23,24). The first kappa shape index (κ1) is 20.6. The van der Waals surface area contributed by atoms with E-state index in [2.05, 4.69) is 25.5 Å². The highest BCUT2D eigenvalue weighted by Gasteiger charge is 2.15. The van der Waals surface area contributed by atoms with Crippen LogP contribution in [-0.4, -0.2) is 35.1 Å². The molecule has 0 aliphatic carbocycles. The maximum Gasteiger partial charge on any atom is 0.251 e. The summed E-state index contributed by atoms with van der Waals surface area (Å²) in [7, 11) is 0. The summed E-state index contributed by atoms with van der Waals surface area (Å²) in [6.07, 6.45) is 4.08. The van der Waals surface area contributed by atoms with Crippen molar-refractivity contribution in [3.63, 3.8) is 0 Å². The Balaban J connectivity index is 1.96. The van der Waals surface area contributed by atoms with Gasteiger partial charge in [0.05, 0.1) is 6.54 Å². The first-order chi connectivity index (χ1) is 12.9. The number of carbonyl (C=O) groups excluding carboxylic acids is 1. The minimum atomic E-state index is -0.257. The van der Waals surface area contributed by atoms with Crippen molar-refractivity contribution in [2.45, 2.75) is 46.3 Å². The molecule has 0 atom stereocenters. The normalized spacial score (nSPS) is 11.9. The molecular weight excluding hydrogens is 338 g/mol. The number of aliphatic imine (C=N–C) groups is 1. The fourth-order valence-electron chi connectivity index (χ4n) is 2.56. The van der Waals surface area contributed by atoms with Crippen molar-refractivity contribution in [2.24, 2.45) is 4.99 Å². The molecule has 0 unspecified atom stereocenters. The summed E-state index contributed by atoms with van der Waals surface area (Å²) >= 11 is 0. The van der Waals surface area contributed by atoms with Crippen molar-refractivity contribution in [1.29, 1.82) is 0 Å². The van der Waals surface area contributed by atoms with Gasteiger partial charge in [0, 0.05) is 43.1 Å². The average Bonchev–Trinajstić information content (AvgIpc) is 3.12. The molecule has 1 heterocycles. The zero-order chi connectivity index (χ0) is 19.7. The lowest BCUT2D eigenvalue weighted by molar-refractivity contribution is 0.0919. The molecule has 2 aromatic rings. The van der Waals surface area contributed by atoms with Crippen molar-refractivity contribution < 1.29 is 4.79 Å². The van der Waals surface area contributed by atoms with Gasteiger partial charge >= 0.3 is 0 Å². The summed E-state index contributed by atoms with van der Waals surface area (Å²) in [6.45, 7) is 10.9. The Morgan fingerprint density at radius 3 is 2.52 bits per heavy atom. The molecule has 27 heavy (non-hydrogen) atoms. The van der Waals surface area contributed by atoms with Gasteiger partial charge in [0.15, 0.2) is 5.96 Å². The lowest BCUT2D eigenvalue weighted by atomic mass is 10.1. The van der Waals surface area contributed by atoms with E-state index in [-0.39, 0.29) is 11.4 Å². The van der Waals surface area contributed by atoms with Crippen molar-refractivity contribution in [1.82, 2.24) is 20.5 Å². The van der Waals surface area contributed by atoms with Crippen LogP contribution in [0.2, 0.25) is 0 Å². The van der Waals surface area contributed by atoms with Gasteiger partial charge in [-0.05, 0) is 57.5 Å². The van der Waals surface area contributed by atoms with Crippen molar-refractivity contribution in [2.75, 3.05) is 13.1 Å². The summed E-state index contributed by atoms with van der Waals surface area (Å²) < 4.78 is 2.12. The number of nitrogens with one attached hydrogen (secondary N) is 3. The Morgan fingerprint density at radius 2 is 1.85 bits per heavy atom. The van der Waals surface area contributed by atoms with E-state index in [1.165, 1.54) is 0 Å². The van der Waals surface area contributed by atoms with E-state index in [0.717, 1.165) is 31.2 Å². The minimum absolute atomic E-state index is 0.0647. The number of aromatic nitrogens is 1. The lowest BCUT2D eigenvalue weighted by Crippen LogP contribution is -2.40. The SMILES string of the molecule is CCNC(=NCc1cccc(C(=O)NC(C)(C)C)c1)NCCn1cccc1. The molecule has 0 saturated carbocycles. The molecule has 0 aliphatic heterocycles. The predicted octanol–water partition coefficient (Wildman–Crippen LogP) is 2.77. The highest BCUT2D eigenvalue weighted by atomic mass is 16.1. The van der Waals surface area contributed by atoms with Gasteiger partial charge in [-0.25, -0.2) is 4.99 Å². The number of guanidine groups is 1. The Kier molecular flexibility index (Phi) is 7.46. The molecule has 0 aliphatic rings. The Hall–Kier alpha value is -2.76. The predicted molar refractivity (Wildman–Crippen MR) is 111 cm³/mol. The van der Waals surface area contributed by atoms with Crippen LogP contribution in [0.4, 0.5) is 0 Å². The van der Waals surface area contributed by atoms with Crippen molar-refractivity contribution in [3.05, 3.63) is 59.9 Å². The van der Waals surface area contributed by atoms with Gasteiger partial charge in [-0.3, -0.25) is 4.79 Å². The van der Waals surface area contributed by atoms with Gasteiger partial charge in [0.25, 0.3) is 5.91 Å². The van der Waals surface area contributed by atoms with Crippen LogP contribution in [0.25, 0.3) is 0 Å². The third-order valence-electron chi connectivity index (χ3n) is 3.77. The third kappa shape index (κ3) is 7.56. The molecule has 0 bridgehead atoms. The first-order valence-corrected chi connectivity index (χ1v) is 9.42. The molecule has 1 aromatic heterocycles. The van der Waals surface area contributed by atoms with Crippen LogP contribution in [0.1, 0.15) is 43.6 Å². The van der Waals surface area contributed by atoms with Crippen LogP contribution in [-0.2, 0) is 13.1 Å². The van der Waals surface area contributed by atoms with E-state index in [4.69, 9.17) is 0 Å². The summed E-state index contributed by atoms with van der Waals surface area (Å²) in [4.78, 5) is 17.0. The smallest absolute Gasteiger partial charge is 0.251 e. The quantitative estimate of drug-likeness (QED) is 0.519. The Morgan fingerprint density at radius 1 is 1.11 bits per heavy atom. The molecular formula is C21H31N5O. The van der Waals surface area contributed by atoms with Gasteiger partial charge in [-0.2, -0.15) is 0 Å². The number of hydrogen-bond donors (Lipinski definition) is 3. The van der Waals surface area contributed by atoms with E-state index in [1.54, 1.807) is 0 Å². The van der Waals surface area contributed by atoms with E-state index in [9.17, 15) is 4.79 Å². The van der Waals surface area contributed by atoms with Crippen LogP contribution in [0, 0.1) is 0 Å². The molecule has 0 saturated heterocycles. The number of hydrogen-bond acceptors (Lipinski definition) is 2. The summed E-state index contributed by atoms with van der Waals surface area (Å²) in [6, 6.07) is 11.6. The molecule has 1 amide bonds. The number of carbonyl (C=O) groups is 1. The average molecular weight is 370 g/mol. The fraction of sp³-hybridized carbons (Fsp3) is 0.429. The molecule has 1 aromatic carbocycles. The number of nitrogens with zero attached hydrogens (tertiary/aromatic N) is 2. The fourth-order valence-corrected chi connectivity index (χ4v) is 2.56. The topological polar surface area (TPSA) is 70.4 Å². The highest BCUT2D eigenvalue weighted by molar-refractivity contribution is 5.94. The largest absolute Gasteiger partial charge is 0.357 e. The number of benzene rings is 1. The van der Waals surface area contributed by atoms with E-state index in [1.807, 2.05) is 76.5 Å². The maximum atomic E-state index is 12.3. The number of amides is 1. The summed E-state index contributed by atoms with van der Waals surface area (Å²) in [5.74, 6) is 0.708. The molecule has 146 valence electrons. The Bertz CT molecular complexity index is 744. The Labute approximate surface area is 162 Å². The molecule has 6 heteroatoms. The second-order valence-corrected chi connectivity index (χ2v) is 7.45. The molecule has 0 fully saturated rings. The summed E-state index contributed by atoms with van der Waals surface area (Å²) in [5, 5.41) is 9.58. The van der Waals surface area contributed by atoms with Crippen molar-refractivity contribution >= 4 is 11.9 Å². The van der Waals surface area contributed by atoms with Crippen LogP contribution in [0.15, 0.2) is 53.8 Å². The molecule has 0 radical (unpaired) electrons. The molecule has 3 N–H and O–H groups in total. The van der Waals surface area contributed by atoms with Crippen LogP contribution >= 0.6 is 0 Å². The van der Waals surface area contributed by atoms with Crippen LogP contribution in [0.5, 0.6) is 0 Å². The highest BCUT2D eigenvalue weighted by Crippen LogP contribution is 2.09. The lowest BCUT2D eigenvalue weighted by Gasteiger charge is -2.20. The molecule has 2 rings (SSSR count). The summed E-state index contributed by atoms with van der Waals surface area (Å²) in [5.41, 5.74) is 1.40. The third-order valence-corrected chi connectivity index (χ3v) is 3.77. The second-order valence-electron chi connectivity index (χ2n) is 7.45. The van der Waals surface area contributed by atoms with E-state index >= 15 is 0 Å². The maximum absolute atomic E-state index is 12.3. The van der Waals surface area contributed by atoms with E-state index in [0.29, 0.717) is 12.1 Å². The molecule has 0 spiro atoms. The zero-order valence-corrected chi connectivity index (χ0v) is 16.7. The molecule has 6 nitrogen and oxygen atoms in total. The van der Waals surface area contributed by atoms with Crippen molar-refractivity contribution in [3.8, 4) is 0 Å². The van der Waals surface area contributed by atoms with Gasteiger partial charge < -0.3 is 20.5 Å².